The first-order valence-electron chi connectivity index (χ1n) is 8.13. The predicted octanol–water partition coefficient (Wildman–Crippen LogP) is 3.53. The normalized spacial score (nSPS) is 11.0. The fraction of sp³-hybridized carbons (Fsp3) is 0.316. The zero-order valence-electron chi connectivity index (χ0n) is 14.6. The van der Waals surface area contributed by atoms with E-state index in [2.05, 4.69) is 15.4 Å². The van der Waals surface area contributed by atoms with E-state index in [1.165, 1.54) is 0 Å². The third-order valence-electron chi connectivity index (χ3n) is 4.19. The monoisotopic (exact) mass is 322 g/mol. The van der Waals surface area contributed by atoms with Gasteiger partial charge in [-0.2, -0.15) is 5.10 Å². The summed E-state index contributed by atoms with van der Waals surface area (Å²) < 4.78 is 1.86. The number of amides is 1. The van der Waals surface area contributed by atoms with Crippen molar-refractivity contribution >= 4 is 17.2 Å². The average Bonchev–Trinajstić information content (AvgIpc) is 2.87. The molecule has 0 saturated carbocycles. The van der Waals surface area contributed by atoms with Gasteiger partial charge < -0.3 is 5.32 Å². The maximum absolute atomic E-state index is 12.2. The summed E-state index contributed by atoms with van der Waals surface area (Å²) in [4.78, 5) is 16.8. The first kappa shape index (κ1) is 16.2. The van der Waals surface area contributed by atoms with Crippen LogP contribution < -0.4 is 5.32 Å². The number of nitrogens with zero attached hydrogens (tertiary/aromatic N) is 3. The second-order valence-corrected chi connectivity index (χ2v) is 6.23. The van der Waals surface area contributed by atoms with Crippen LogP contribution in [0.25, 0.3) is 5.65 Å². The highest BCUT2D eigenvalue weighted by Crippen LogP contribution is 2.17. The van der Waals surface area contributed by atoms with Crippen molar-refractivity contribution in [3.8, 4) is 0 Å². The van der Waals surface area contributed by atoms with E-state index in [4.69, 9.17) is 0 Å². The van der Waals surface area contributed by atoms with Crippen LogP contribution in [-0.2, 0) is 11.2 Å². The third kappa shape index (κ3) is 3.30. The van der Waals surface area contributed by atoms with Gasteiger partial charge in [0.15, 0.2) is 5.65 Å². The molecule has 124 valence electrons. The van der Waals surface area contributed by atoms with E-state index in [1.807, 2.05) is 62.5 Å². The summed E-state index contributed by atoms with van der Waals surface area (Å²) in [6.45, 7) is 7.98. The van der Waals surface area contributed by atoms with Crippen LogP contribution in [0.2, 0.25) is 0 Å². The smallest absolute Gasteiger partial charge is 0.224 e. The van der Waals surface area contributed by atoms with Gasteiger partial charge in [-0.25, -0.2) is 9.50 Å². The molecule has 5 heteroatoms. The summed E-state index contributed by atoms with van der Waals surface area (Å²) in [5.41, 5.74) is 6.87. The summed E-state index contributed by atoms with van der Waals surface area (Å²) in [5.74, 6) is 0.0103. The molecule has 2 aromatic heterocycles. The van der Waals surface area contributed by atoms with Crippen LogP contribution in [-0.4, -0.2) is 20.5 Å². The van der Waals surface area contributed by atoms with Gasteiger partial charge in [-0.05, 0) is 57.4 Å². The highest BCUT2D eigenvalue weighted by Gasteiger charge is 2.13. The number of hydrogen-bond donors (Lipinski definition) is 1. The standard InChI is InChI=1S/C19H22N4O/c1-12-6-5-7-16(10-12)21-19(24)9-8-17-14(3)20-18-11-13(2)22-23(18)15(17)4/h5-7,10-11H,8-9H2,1-4H3,(H,21,24). The predicted molar refractivity (Wildman–Crippen MR) is 95.3 cm³/mol. The summed E-state index contributed by atoms with van der Waals surface area (Å²) in [7, 11) is 0. The molecule has 0 aliphatic heterocycles. The Morgan fingerprint density at radius 1 is 1.17 bits per heavy atom. The zero-order valence-corrected chi connectivity index (χ0v) is 14.6. The maximum Gasteiger partial charge on any atom is 0.224 e. The van der Waals surface area contributed by atoms with Crippen molar-refractivity contribution in [1.82, 2.24) is 14.6 Å². The molecule has 3 rings (SSSR count). The minimum absolute atomic E-state index is 0.0103. The Labute approximate surface area is 141 Å². The van der Waals surface area contributed by atoms with Crippen molar-refractivity contribution < 1.29 is 4.79 Å². The lowest BCUT2D eigenvalue weighted by Crippen LogP contribution is -2.14. The Bertz CT molecular complexity index is 911. The van der Waals surface area contributed by atoms with Crippen LogP contribution in [0.5, 0.6) is 0 Å². The van der Waals surface area contributed by atoms with Crippen LogP contribution in [0.4, 0.5) is 5.69 Å². The Morgan fingerprint density at radius 2 is 1.96 bits per heavy atom. The van der Waals surface area contributed by atoms with E-state index in [1.54, 1.807) is 0 Å². The van der Waals surface area contributed by atoms with Crippen molar-refractivity contribution in [3.63, 3.8) is 0 Å². The van der Waals surface area contributed by atoms with E-state index >= 15 is 0 Å². The highest BCUT2D eigenvalue weighted by atomic mass is 16.1. The minimum atomic E-state index is 0.0103. The molecule has 0 atom stereocenters. The third-order valence-corrected chi connectivity index (χ3v) is 4.19. The molecule has 1 N–H and O–H groups in total. The fourth-order valence-electron chi connectivity index (χ4n) is 2.99. The molecule has 0 bridgehead atoms. The van der Waals surface area contributed by atoms with Gasteiger partial charge in [0.05, 0.1) is 5.69 Å². The lowest BCUT2D eigenvalue weighted by atomic mass is 10.1. The largest absolute Gasteiger partial charge is 0.326 e. The second kappa shape index (κ2) is 6.43. The van der Waals surface area contributed by atoms with Gasteiger partial charge in [-0.3, -0.25) is 4.79 Å². The number of anilines is 1. The van der Waals surface area contributed by atoms with Crippen LogP contribution in [0, 0.1) is 27.7 Å². The first-order valence-corrected chi connectivity index (χ1v) is 8.13. The lowest BCUT2D eigenvalue weighted by Gasteiger charge is -2.11. The van der Waals surface area contributed by atoms with E-state index < -0.39 is 0 Å². The Kier molecular flexibility index (Phi) is 4.34. The number of rotatable bonds is 4. The fourth-order valence-corrected chi connectivity index (χ4v) is 2.99. The van der Waals surface area contributed by atoms with Crippen molar-refractivity contribution in [2.45, 2.75) is 40.5 Å². The van der Waals surface area contributed by atoms with Gasteiger partial charge in [0.2, 0.25) is 5.91 Å². The van der Waals surface area contributed by atoms with Crippen LogP contribution >= 0.6 is 0 Å². The van der Waals surface area contributed by atoms with Gasteiger partial charge in [0.25, 0.3) is 0 Å². The van der Waals surface area contributed by atoms with Gasteiger partial charge in [-0.1, -0.05) is 12.1 Å². The number of benzene rings is 1. The van der Waals surface area contributed by atoms with Crippen molar-refractivity contribution in [1.29, 1.82) is 0 Å². The quantitative estimate of drug-likeness (QED) is 0.799. The summed E-state index contributed by atoms with van der Waals surface area (Å²) in [5, 5.41) is 7.42. The molecular weight excluding hydrogens is 300 g/mol. The van der Waals surface area contributed by atoms with Crippen molar-refractivity contribution in [2.75, 3.05) is 5.32 Å². The van der Waals surface area contributed by atoms with Crippen LogP contribution in [0.1, 0.15) is 34.6 Å². The Balaban J connectivity index is 1.74. The first-order chi connectivity index (χ1) is 11.4. The molecule has 0 fully saturated rings. The molecule has 1 aromatic carbocycles. The van der Waals surface area contributed by atoms with Crippen LogP contribution in [0.15, 0.2) is 30.3 Å². The molecule has 0 aliphatic rings. The molecule has 0 spiro atoms. The number of fused-ring (bicyclic) bond motifs is 1. The number of nitrogens with one attached hydrogen (secondary N) is 1. The van der Waals surface area contributed by atoms with Gasteiger partial charge in [0.1, 0.15) is 0 Å². The van der Waals surface area contributed by atoms with E-state index in [0.29, 0.717) is 12.8 Å². The molecule has 5 nitrogen and oxygen atoms in total. The molecule has 0 saturated heterocycles. The Hall–Kier alpha value is -2.69. The minimum Gasteiger partial charge on any atom is -0.326 e. The van der Waals surface area contributed by atoms with E-state index in [0.717, 1.165) is 39.5 Å². The SMILES string of the molecule is Cc1cccc(NC(=O)CCc2c(C)nc3cc(C)nn3c2C)c1. The number of hydrogen-bond acceptors (Lipinski definition) is 3. The number of aromatic nitrogens is 3. The lowest BCUT2D eigenvalue weighted by molar-refractivity contribution is -0.116. The topological polar surface area (TPSA) is 59.3 Å². The summed E-state index contributed by atoms with van der Waals surface area (Å²) in [6, 6.07) is 9.79. The van der Waals surface area contributed by atoms with Gasteiger partial charge in [-0.15, -0.1) is 0 Å². The Morgan fingerprint density at radius 3 is 2.71 bits per heavy atom. The van der Waals surface area contributed by atoms with E-state index in [9.17, 15) is 4.79 Å². The molecule has 3 aromatic rings. The van der Waals surface area contributed by atoms with E-state index in [-0.39, 0.29) is 5.91 Å². The zero-order chi connectivity index (χ0) is 17.3. The van der Waals surface area contributed by atoms with Crippen LogP contribution in [0.3, 0.4) is 0 Å². The summed E-state index contributed by atoms with van der Waals surface area (Å²) in [6.07, 6.45) is 1.07. The number of carbonyl (C=O) groups is 1. The maximum atomic E-state index is 12.2. The molecule has 24 heavy (non-hydrogen) atoms. The van der Waals surface area contributed by atoms with Crippen molar-refractivity contribution in [2.24, 2.45) is 0 Å². The molecule has 0 aliphatic carbocycles. The van der Waals surface area contributed by atoms with Gasteiger partial charge in [0, 0.05) is 29.6 Å². The highest BCUT2D eigenvalue weighted by molar-refractivity contribution is 5.90. The number of aryl methyl sites for hydroxylation is 4. The average molecular weight is 322 g/mol. The van der Waals surface area contributed by atoms with Crippen molar-refractivity contribution in [3.05, 3.63) is 58.5 Å². The molecule has 0 unspecified atom stereocenters. The molecule has 0 radical (unpaired) electrons. The second-order valence-electron chi connectivity index (χ2n) is 6.23. The summed E-state index contributed by atoms with van der Waals surface area (Å²) >= 11 is 0. The molecular formula is C19H22N4O. The van der Waals surface area contributed by atoms with Gasteiger partial charge >= 0.3 is 0 Å². The molecule has 1 amide bonds. The molecule has 2 heterocycles. The number of carbonyl (C=O) groups excluding carboxylic acids is 1.